The molecule has 2 aliphatic heterocycles. The Morgan fingerprint density at radius 2 is 1.93 bits per heavy atom. The molecule has 4 heterocycles. The number of imidazole rings is 1. The Bertz CT molecular complexity index is 1340. The first-order valence-corrected chi connectivity index (χ1v) is 16.2. The number of nitrogens with zero attached hydrogens (tertiary/aromatic N) is 4. The zero-order chi connectivity index (χ0) is 29.0. The van der Waals surface area contributed by atoms with Crippen molar-refractivity contribution >= 4 is 48.8 Å². The fraction of sp³-hybridized carbons (Fsp3) is 0.542. The minimum absolute atomic E-state index is 0.160. The van der Waals surface area contributed by atoms with Gasteiger partial charge in [-0.05, 0) is 11.8 Å². The van der Waals surface area contributed by atoms with Crippen LogP contribution in [0.25, 0.3) is 11.2 Å². The van der Waals surface area contributed by atoms with E-state index in [2.05, 4.69) is 20.3 Å². The molecule has 0 amide bonds. The number of thioether (sulfide) groups is 2. The molecule has 2 aromatic heterocycles. The number of halogens is 3. The minimum atomic E-state index is -4.29. The summed E-state index contributed by atoms with van der Waals surface area (Å²) in [6.07, 6.45) is -4.76. The number of ether oxygens (including phenoxy) is 3. The van der Waals surface area contributed by atoms with Crippen LogP contribution >= 0.6 is 31.8 Å². The van der Waals surface area contributed by atoms with Crippen LogP contribution in [0.5, 0.6) is 0 Å². The monoisotopic (exact) mass is 634 g/mol. The summed E-state index contributed by atoms with van der Waals surface area (Å²) >= 11 is 2.53. The summed E-state index contributed by atoms with van der Waals surface area (Å²) in [6, 6.07) is 9.65. The molecule has 2 N–H and O–H groups in total. The number of rotatable bonds is 13. The van der Waals surface area contributed by atoms with Crippen LogP contribution in [0.2, 0.25) is 0 Å². The Labute approximate surface area is 242 Å². The average molecular weight is 635 g/mol. The highest BCUT2D eigenvalue weighted by molar-refractivity contribution is 7.99. The highest BCUT2D eigenvalue weighted by Gasteiger charge is 2.54. The fourth-order valence-electron chi connectivity index (χ4n) is 4.60. The largest absolute Gasteiger partial charge is 0.694 e. The third kappa shape index (κ3) is 7.68. The van der Waals surface area contributed by atoms with Gasteiger partial charge in [-0.2, -0.15) is 24.9 Å². The van der Waals surface area contributed by atoms with Crippen LogP contribution in [-0.4, -0.2) is 86.1 Å². The number of aromatic nitrogens is 4. The molecule has 0 bridgehead atoms. The highest BCUT2D eigenvalue weighted by atomic mass is 32.2. The first-order valence-electron chi connectivity index (χ1n) is 12.7. The van der Waals surface area contributed by atoms with Gasteiger partial charge in [-0.25, -0.2) is 15.0 Å². The van der Waals surface area contributed by atoms with Gasteiger partial charge in [0.2, 0.25) is 0 Å². The summed E-state index contributed by atoms with van der Waals surface area (Å²) in [5, 5.41) is 3.36. The van der Waals surface area contributed by atoms with Crippen LogP contribution in [0, 0.1) is 0 Å². The first kappa shape index (κ1) is 30.4. The van der Waals surface area contributed by atoms with E-state index in [-0.39, 0.29) is 17.5 Å². The summed E-state index contributed by atoms with van der Waals surface area (Å²) in [5.41, 5.74) is 1.77. The molecule has 41 heavy (non-hydrogen) atoms. The summed E-state index contributed by atoms with van der Waals surface area (Å²) in [6.45, 7) is 0.348. The second-order valence-corrected chi connectivity index (χ2v) is 12.0. The van der Waals surface area contributed by atoms with Crippen molar-refractivity contribution in [2.45, 2.75) is 55.0 Å². The van der Waals surface area contributed by atoms with Crippen molar-refractivity contribution < 1.29 is 41.4 Å². The molecule has 0 saturated carbocycles. The van der Waals surface area contributed by atoms with Crippen molar-refractivity contribution in [3.05, 3.63) is 42.2 Å². The SMILES string of the molecule is CSCCNc1nc(SCCC(F)(F)F)nc2c1ncn2[C@@H]1O[C@H](CO[P+](=O)O)[C@H]2OC(Cc3ccccc3)O[C@H]21. The maximum absolute atomic E-state index is 12.8. The lowest BCUT2D eigenvalue weighted by molar-refractivity contribution is -0.148. The highest BCUT2D eigenvalue weighted by Crippen LogP contribution is 2.42. The third-order valence-corrected chi connectivity index (χ3v) is 8.22. The molecule has 1 aromatic carbocycles. The maximum atomic E-state index is 12.8. The quantitative estimate of drug-likeness (QED) is 0.118. The molecule has 6 atom stereocenters. The van der Waals surface area contributed by atoms with Gasteiger partial charge in [0.25, 0.3) is 0 Å². The standard InChI is InChI=1S/C24H27F3N5O6PS2/c1-40-10-8-28-20-17-21(31-23(30-20)41-9-7-24(25,26)27)32(13-29-17)22-19-18(15(36-22)12-35-39(33)34)37-16(38-19)11-14-5-3-2-4-6-14/h2-6,13,15-16,18-19,22H,7-12H2,1H3,(H-,28,30,31,33,34)/p+1/t15-,16?,18-,19-,22-/m1/s1. The molecule has 2 unspecified atom stereocenters. The molecule has 17 heteroatoms. The zero-order valence-corrected chi connectivity index (χ0v) is 24.3. The lowest BCUT2D eigenvalue weighted by Crippen LogP contribution is -2.31. The predicted molar refractivity (Wildman–Crippen MR) is 147 cm³/mol. The third-order valence-electron chi connectivity index (χ3n) is 6.39. The smallest absolute Gasteiger partial charge is 0.367 e. The second-order valence-electron chi connectivity index (χ2n) is 9.23. The average Bonchev–Trinajstić information content (AvgIpc) is 3.61. The molecule has 0 spiro atoms. The van der Waals surface area contributed by atoms with Crippen molar-refractivity contribution in [1.29, 1.82) is 0 Å². The van der Waals surface area contributed by atoms with Crippen molar-refractivity contribution in [1.82, 2.24) is 19.5 Å². The van der Waals surface area contributed by atoms with E-state index in [1.54, 1.807) is 16.3 Å². The molecule has 2 saturated heterocycles. The normalized spacial score (nSPS) is 24.6. The number of anilines is 1. The Kier molecular flexibility index (Phi) is 10.0. The fourth-order valence-corrected chi connectivity index (χ4v) is 6.00. The lowest BCUT2D eigenvalue weighted by atomic mass is 10.1. The molecular formula is C24H28F3N5O6PS2+. The Morgan fingerprint density at radius 3 is 2.66 bits per heavy atom. The first-order chi connectivity index (χ1) is 19.7. The van der Waals surface area contributed by atoms with Gasteiger partial charge >= 0.3 is 14.4 Å². The molecule has 2 fully saturated rings. The Balaban J connectivity index is 1.44. The van der Waals surface area contributed by atoms with Crippen molar-refractivity contribution in [2.24, 2.45) is 0 Å². The zero-order valence-electron chi connectivity index (χ0n) is 21.8. The van der Waals surface area contributed by atoms with E-state index in [4.69, 9.17) is 18.7 Å². The van der Waals surface area contributed by atoms with Gasteiger partial charge in [0.15, 0.2) is 34.7 Å². The number of hydrogen-bond acceptors (Lipinski definition) is 11. The van der Waals surface area contributed by atoms with E-state index >= 15 is 0 Å². The Hall–Kier alpha value is -2.04. The predicted octanol–water partition coefficient (Wildman–Crippen LogP) is 4.56. The van der Waals surface area contributed by atoms with Crippen LogP contribution in [0.3, 0.4) is 0 Å². The van der Waals surface area contributed by atoms with Gasteiger partial charge in [0.05, 0.1) is 12.7 Å². The number of hydrogen-bond donors (Lipinski definition) is 2. The molecule has 5 rings (SSSR count). The minimum Gasteiger partial charge on any atom is -0.367 e. The molecule has 3 aromatic rings. The van der Waals surface area contributed by atoms with E-state index < -0.39 is 51.7 Å². The molecule has 222 valence electrons. The summed E-state index contributed by atoms with van der Waals surface area (Å²) in [4.78, 5) is 22.7. The maximum Gasteiger partial charge on any atom is 0.694 e. The van der Waals surface area contributed by atoms with E-state index in [1.807, 2.05) is 36.6 Å². The molecule has 0 aliphatic carbocycles. The van der Waals surface area contributed by atoms with Gasteiger partial charge < -0.3 is 19.5 Å². The van der Waals surface area contributed by atoms with Gasteiger partial charge in [0.1, 0.15) is 24.9 Å². The molecular weight excluding hydrogens is 606 g/mol. The topological polar surface area (TPSA) is 130 Å². The Morgan fingerprint density at radius 1 is 1.15 bits per heavy atom. The van der Waals surface area contributed by atoms with Crippen LogP contribution in [0.1, 0.15) is 18.2 Å². The van der Waals surface area contributed by atoms with Crippen LogP contribution in [0.15, 0.2) is 41.8 Å². The molecule has 2 aliphatic rings. The van der Waals surface area contributed by atoms with E-state index in [1.165, 1.54) is 6.33 Å². The molecule has 11 nitrogen and oxygen atoms in total. The molecule has 0 radical (unpaired) electrons. The number of nitrogens with one attached hydrogen (secondary N) is 1. The van der Waals surface area contributed by atoms with Crippen molar-refractivity contribution in [3.63, 3.8) is 0 Å². The van der Waals surface area contributed by atoms with E-state index in [0.717, 1.165) is 23.1 Å². The van der Waals surface area contributed by atoms with Gasteiger partial charge in [0, 0.05) is 29.0 Å². The van der Waals surface area contributed by atoms with Crippen molar-refractivity contribution in [2.75, 3.05) is 36.2 Å². The second kappa shape index (κ2) is 13.5. The van der Waals surface area contributed by atoms with Gasteiger partial charge in [-0.1, -0.05) is 42.1 Å². The van der Waals surface area contributed by atoms with Gasteiger partial charge in [-0.15, -0.1) is 9.42 Å². The number of benzene rings is 1. The van der Waals surface area contributed by atoms with E-state index in [0.29, 0.717) is 29.9 Å². The van der Waals surface area contributed by atoms with E-state index in [9.17, 15) is 22.6 Å². The van der Waals surface area contributed by atoms with Crippen molar-refractivity contribution in [3.8, 4) is 0 Å². The number of alkyl halides is 3. The van der Waals surface area contributed by atoms with Crippen LogP contribution in [-0.2, 0) is 29.7 Å². The number of fused-ring (bicyclic) bond motifs is 2. The van der Waals surface area contributed by atoms with Gasteiger partial charge in [-0.3, -0.25) is 4.57 Å². The summed E-state index contributed by atoms with van der Waals surface area (Å²) in [5.74, 6) is 0.935. The summed E-state index contributed by atoms with van der Waals surface area (Å²) < 4.78 is 74.9. The lowest BCUT2D eigenvalue weighted by Gasteiger charge is -2.21. The van der Waals surface area contributed by atoms with Crippen LogP contribution in [0.4, 0.5) is 19.0 Å². The van der Waals surface area contributed by atoms with Crippen LogP contribution < -0.4 is 5.32 Å². The summed E-state index contributed by atoms with van der Waals surface area (Å²) in [7, 11) is -2.86.